The predicted molar refractivity (Wildman–Crippen MR) is 90.2 cm³/mol. The minimum absolute atomic E-state index is 0.0699. The molecular weight excluding hydrogens is 399 g/mol. The largest absolute Gasteiger partial charge is 0.322 e. The number of halogens is 1. The Hall–Kier alpha value is -2.29. The molecule has 0 aromatic heterocycles. The van der Waals surface area contributed by atoms with Gasteiger partial charge in [0.25, 0.3) is 11.6 Å². The maximum absolute atomic E-state index is 12.2. The lowest BCUT2D eigenvalue weighted by molar-refractivity contribution is -0.384. The van der Waals surface area contributed by atoms with E-state index in [4.69, 9.17) is 0 Å². The molecule has 1 N–H and O–H groups in total. The van der Waals surface area contributed by atoms with Crippen molar-refractivity contribution in [2.24, 2.45) is 0 Å². The molecular formula is C15H11IN2O4. The van der Waals surface area contributed by atoms with Gasteiger partial charge in [-0.2, -0.15) is 0 Å². The molecule has 2 rings (SSSR count). The molecule has 7 heteroatoms. The van der Waals surface area contributed by atoms with Crippen molar-refractivity contribution in [3.8, 4) is 0 Å². The molecule has 0 aliphatic heterocycles. The van der Waals surface area contributed by atoms with Gasteiger partial charge < -0.3 is 5.32 Å². The van der Waals surface area contributed by atoms with E-state index in [1.807, 2.05) is 22.6 Å². The number of Topliss-reactive ketones (excluding diaryl/α,β-unsaturated/α-hetero) is 1. The normalized spacial score (nSPS) is 10.1. The number of nitrogens with one attached hydrogen (secondary N) is 1. The molecule has 0 spiro atoms. The summed E-state index contributed by atoms with van der Waals surface area (Å²) in [5, 5.41) is 13.4. The number of anilines is 1. The minimum atomic E-state index is -0.514. The van der Waals surface area contributed by atoms with Crippen molar-refractivity contribution < 1.29 is 14.5 Å². The van der Waals surface area contributed by atoms with Crippen molar-refractivity contribution in [1.29, 1.82) is 0 Å². The van der Waals surface area contributed by atoms with Crippen LogP contribution in [0.3, 0.4) is 0 Å². The summed E-state index contributed by atoms with van der Waals surface area (Å²) in [5.41, 5.74) is 1.25. The summed E-state index contributed by atoms with van der Waals surface area (Å²) in [6.45, 7) is 1.44. The summed E-state index contributed by atoms with van der Waals surface area (Å²) in [6.07, 6.45) is 0. The van der Waals surface area contributed by atoms with Gasteiger partial charge >= 0.3 is 0 Å². The van der Waals surface area contributed by atoms with Crippen molar-refractivity contribution in [3.63, 3.8) is 0 Å². The van der Waals surface area contributed by atoms with E-state index in [1.165, 1.54) is 25.1 Å². The minimum Gasteiger partial charge on any atom is -0.322 e. The van der Waals surface area contributed by atoms with E-state index in [0.29, 0.717) is 20.4 Å². The fourth-order valence-corrected chi connectivity index (χ4v) is 2.56. The molecule has 0 atom stereocenters. The lowest BCUT2D eigenvalue weighted by Crippen LogP contribution is -2.14. The third kappa shape index (κ3) is 3.67. The van der Waals surface area contributed by atoms with Crippen LogP contribution < -0.4 is 5.32 Å². The lowest BCUT2D eigenvalue weighted by Gasteiger charge is -2.08. The Morgan fingerprint density at radius 3 is 2.50 bits per heavy atom. The number of benzene rings is 2. The first kappa shape index (κ1) is 16.1. The molecule has 112 valence electrons. The van der Waals surface area contributed by atoms with Crippen LogP contribution in [0.5, 0.6) is 0 Å². The molecule has 0 heterocycles. The average molecular weight is 410 g/mol. The fourth-order valence-electron chi connectivity index (χ4n) is 1.82. The number of carbonyl (C=O) groups is 2. The third-order valence-corrected chi connectivity index (χ3v) is 3.83. The number of amides is 1. The Morgan fingerprint density at radius 2 is 1.91 bits per heavy atom. The van der Waals surface area contributed by atoms with Crippen LogP contribution in [0, 0.1) is 13.7 Å². The zero-order chi connectivity index (χ0) is 16.3. The molecule has 0 saturated carbocycles. The van der Waals surface area contributed by atoms with E-state index in [2.05, 4.69) is 5.32 Å². The monoisotopic (exact) mass is 410 g/mol. The van der Waals surface area contributed by atoms with Crippen molar-refractivity contribution in [2.45, 2.75) is 6.92 Å². The number of nitro benzene ring substituents is 1. The topological polar surface area (TPSA) is 89.3 Å². The van der Waals surface area contributed by atoms with Gasteiger partial charge in [-0.15, -0.1) is 0 Å². The molecule has 2 aromatic rings. The third-order valence-electron chi connectivity index (χ3n) is 2.94. The number of rotatable bonds is 4. The molecule has 2 aromatic carbocycles. The molecule has 0 saturated heterocycles. The van der Waals surface area contributed by atoms with Crippen LogP contribution in [0.1, 0.15) is 27.6 Å². The molecule has 22 heavy (non-hydrogen) atoms. The van der Waals surface area contributed by atoms with Gasteiger partial charge in [0, 0.05) is 27.0 Å². The summed E-state index contributed by atoms with van der Waals surface area (Å²) >= 11 is 1.88. The SMILES string of the molecule is CC(=O)c1cccc(NC(=O)c2ccc([N+](=O)[O-])cc2I)c1. The van der Waals surface area contributed by atoms with Crippen molar-refractivity contribution >= 4 is 45.7 Å². The van der Waals surface area contributed by atoms with Crippen LogP contribution in [-0.2, 0) is 0 Å². The zero-order valence-electron chi connectivity index (χ0n) is 11.5. The van der Waals surface area contributed by atoms with Crippen LogP contribution in [0.2, 0.25) is 0 Å². The van der Waals surface area contributed by atoms with E-state index in [0.717, 1.165) is 0 Å². The highest BCUT2D eigenvalue weighted by atomic mass is 127. The van der Waals surface area contributed by atoms with Crippen LogP contribution >= 0.6 is 22.6 Å². The van der Waals surface area contributed by atoms with E-state index in [-0.39, 0.29) is 17.4 Å². The van der Waals surface area contributed by atoms with Crippen molar-refractivity contribution in [1.82, 2.24) is 0 Å². The van der Waals surface area contributed by atoms with Crippen LogP contribution in [0.4, 0.5) is 11.4 Å². The van der Waals surface area contributed by atoms with E-state index in [9.17, 15) is 19.7 Å². The molecule has 0 bridgehead atoms. The van der Waals surface area contributed by atoms with Gasteiger partial charge in [0.1, 0.15) is 0 Å². The molecule has 0 unspecified atom stereocenters. The molecule has 1 amide bonds. The van der Waals surface area contributed by atoms with Crippen molar-refractivity contribution in [2.75, 3.05) is 5.32 Å². The van der Waals surface area contributed by atoms with Gasteiger partial charge in [-0.3, -0.25) is 19.7 Å². The van der Waals surface area contributed by atoms with Gasteiger partial charge in [0.2, 0.25) is 0 Å². The Bertz CT molecular complexity index is 774. The maximum atomic E-state index is 12.2. The number of nitro groups is 1. The molecule has 0 aliphatic carbocycles. The number of nitrogens with zero attached hydrogens (tertiary/aromatic N) is 1. The number of non-ortho nitro benzene ring substituents is 1. The summed E-state index contributed by atoms with van der Waals surface area (Å²) in [7, 11) is 0. The number of hydrogen-bond acceptors (Lipinski definition) is 4. The number of hydrogen-bond donors (Lipinski definition) is 1. The van der Waals surface area contributed by atoms with Gasteiger partial charge in [0.05, 0.1) is 10.5 Å². The second-order valence-electron chi connectivity index (χ2n) is 4.51. The fraction of sp³-hybridized carbons (Fsp3) is 0.0667. The van der Waals surface area contributed by atoms with E-state index < -0.39 is 4.92 Å². The van der Waals surface area contributed by atoms with Gasteiger partial charge in [-0.25, -0.2) is 0 Å². The van der Waals surface area contributed by atoms with E-state index in [1.54, 1.807) is 24.3 Å². The molecule has 6 nitrogen and oxygen atoms in total. The van der Waals surface area contributed by atoms with Crippen LogP contribution in [0.15, 0.2) is 42.5 Å². The highest BCUT2D eigenvalue weighted by molar-refractivity contribution is 14.1. The Morgan fingerprint density at radius 1 is 1.18 bits per heavy atom. The van der Waals surface area contributed by atoms with Gasteiger partial charge in [-0.05, 0) is 47.7 Å². The van der Waals surface area contributed by atoms with Gasteiger partial charge in [0.15, 0.2) is 5.78 Å². The highest BCUT2D eigenvalue weighted by Crippen LogP contribution is 2.21. The van der Waals surface area contributed by atoms with E-state index >= 15 is 0 Å². The first-order valence-corrected chi connectivity index (χ1v) is 7.32. The first-order valence-electron chi connectivity index (χ1n) is 6.25. The summed E-state index contributed by atoms with van der Waals surface area (Å²) in [6, 6.07) is 10.6. The van der Waals surface area contributed by atoms with Gasteiger partial charge in [-0.1, -0.05) is 12.1 Å². The smallest absolute Gasteiger partial charge is 0.270 e. The molecule has 0 fully saturated rings. The Balaban J connectivity index is 2.24. The van der Waals surface area contributed by atoms with Crippen LogP contribution in [0.25, 0.3) is 0 Å². The Kier molecular flexibility index (Phi) is 4.86. The second kappa shape index (κ2) is 6.65. The summed E-state index contributed by atoms with van der Waals surface area (Å²) in [4.78, 5) is 33.7. The predicted octanol–water partition coefficient (Wildman–Crippen LogP) is 3.65. The maximum Gasteiger partial charge on any atom is 0.270 e. The van der Waals surface area contributed by atoms with Crippen molar-refractivity contribution in [3.05, 3.63) is 67.3 Å². The molecule has 0 aliphatic rings. The Labute approximate surface area is 139 Å². The quantitative estimate of drug-likeness (QED) is 0.361. The number of carbonyl (C=O) groups excluding carboxylic acids is 2. The number of ketones is 1. The first-order chi connectivity index (χ1) is 10.4. The summed E-state index contributed by atoms with van der Waals surface area (Å²) < 4.78 is 0.479. The lowest BCUT2D eigenvalue weighted by atomic mass is 10.1. The average Bonchev–Trinajstić information content (AvgIpc) is 2.47. The standard InChI is InChI=1S/C15H11IN2O4/c1-9(19)10-3-2-4-11(7-10)17-15(20)13-6-5-12(18(21)22)8-14(13)16/h2-8H,1H3,(H,17,20). The highest BCUT2D eigenvalue weighted by Gasteiger charge is 2.15. The van der Waals surface area contributed by atoms with Crippen LogP contribution in [-0.4, -0.2) is 16.6 Å². The second-order valence-corrected chi connectivity index (χ2v) is 5.67. The zero-order valence-corrected chi connectivity index (χ0v) is 13.7. The summed E-state index contributed by atoms with van der Waals surface area (Å²) in [5.74, 6) is -0.485. The molecule has 0 radical (unpaired) electrons.